The summed E-state index contributed by atoms with van der Waals surface area (Å²) in [6.07, 6.45) is 2.79. The van der Waals surface area contributed by atoms with E-state index in [4.69, 9.17) is 14.5 Å². The fraction of sp³-hybridized carbons (Fsp3) is 0.474. The van der Waals surface area contributed by atoms with E-state index in [-0.39, 0.29) is 0 Å². The molecule has 7 heteroatoms. The minimum atomic E-state index is 0.604. The summed E-state index contributed by atoms with van der Waals surface area (Å²) >= 11 is 1.74. The lowest BCUT2D eigenvalue weighted by molar-refractivity contribution is 0.171. The summed E-state index contributed by atoms with van der Waals surface area (Å²) in [4.78, 5) is 12.5. The molecule has 1 aromatic carbocycles. The highest BCUT2D eigenvalue weighted by Crippen LogP contribution is 2.31. The Kier molecular flexibility index (Phi) is 6.33. The second-order valence-electron chi connectivity index (χ2n) is 6.18. The molecule has 2 aromatic rings. The maximum absolute atomic E-state index is 5.67. The van der Waals surface area contributed by atoms with Gasteiger partial charge in [-0.05, 0) is 31.5 Å². The normalized spacial score (nSPS) is 13.6. The largest absolute Gasteiger partial charge is 0.486 e. The SMILES string of the molecule is CCNC(=NCCc1ncc(C)s1)N(C)Cc1ccc2c(c1)OCCO2. The van der Waals surface area contributed by atoms with Crippen molar-refractivity contribution in [3.8, 4) is 11.5 Å². The summed E-state index contributed by atoms with van der Waals surface area (Å²) in [5.74, 6) is 2.54. The van der Waals surface area contributed by atoms with Gasteiger partial charge in [0.05, 0.1) is 5.01 Å². The topological polar surface area (TPSA) is 59.0 Å². The maximum Gasteiger partial charge on any atom is 0.193 e. The Hall–Kier alpha value is -2.28. The third-order valence-electron chi connectivity index (χ3n) is 3.98. The minimum absolute atomic E-state index is 0.604. The number of ether oxygens (including phenoxy) is 2. The van der Waals surface area contributed by atoms with Crippen LogP contribution in [0, 0.1) is 6.92 Å². The second-order valence-corrected chi connectivity index (χ2v) is 7.50. The number of guanidine groups is 1. The zero-order valence-electron chi connectivity index (χ0n) is 15.6. The van der Waals surface area contributed by atoms with Crippen LogP contribution in [0.15, 0.2) is 29.4 Å². The molecule has 1 aliphatic rings. The van der Waals surface area contributed by atoms with Crippen molar-refractivity contribution in [3.05, 3.63) is 39.8 Å². The molecular weight excluding hydrogens is 348 g/mol. The van der Waals surface area contributed by atoms with Gasteiger partial charge in [-0.2, -0.15) is 0 Å². The van der Waals surface area contributed by atoms with Crippen LogP contribution in [-0.2, 0) is 13.0 Å². The van der Waals surface area contributed by atoms with Gasteiger partial charge in [0.15, 0.2) is 17.5 Å². The average Bonchev–Trinajstić information content (AvgIpc) is 3.06. The molecule has 0 atom stereocenters. The van der Waals surface area contributed by atoms with Crippen LogP contribution in [0.5, 0.6) is 11.5 Å². The summed E-state index contributed by atoms with van der Waals surface area (Å²) in [5.41, 5.74) is 1.16. The van der Waals surface area contributed by atoms with E-state index < -0.39 is 0 Å². The van der Waals surface area contributed by atoms with Crippen molar-refractivity contribution in [2.75, 3.05) is 33.4 Å². The zero-order valence-corrected chi connectivity index (χ0v) is 16.4. The monoisotopic (exact) mass is 374 g/mol. The van der Waals surface area contributed by atoms with Gasteiger partial charge in [0.1, 0.15) is 13.2 Å². The predicted octanol–water partition coefficient (Wildman–Crippen LogP) is 2.86. The van der Waals surface area contributed by atoms with Crippen LogP contribution >= 0.6 is 11.3 Å². The highest BCUT2D eigenvalue weighted by molar-refractivity contribution is 7.11. The van der Waals surface area contributed by atoms with Gasteiger partial charge < -0.3 is 19.7 Å². The first-order valence-electron chi connectivity index (χ1n) is 8.95. The van der Waals surface area contributed by atoms with Crippen molar-refractivity contribution in [3.63, 3.8) is 0 Å². The molecule has 0 saturated heterocycles. The standard InChI is InChI=1S/C19H26N4O2S/c1-4-20-19(21-8-7-18-22-12-14(2)26-18)23(3)13-15-5-6-16-17(11-15)25-10-9-24-16/h5-6,11-12H,4,7-10,13H2,1-3H3,(H,20,21). The molecule has 0 aliphatic carbocycles. The Morgan fingerprint density at radius 3 is 2.85 bits per heavy atom. The summed E-state index contributed by atoms with van der Waals surface area (Å²) in [7, 11) is 2.05. The molecule has 0 fully saturated rings. The van der Waals surface area contributed by atoms with Gasteiger partial charge in [-0.3, -0.25) is 4.99 Å². The second kappa shape index (κ2) is 8.89. The number of benzene rings is 1. The molecule has 0 unspecified atom stereocenters. The number of hydrogen-bond acceptors (Lipinski definition) is 5. The van der Waals surface area contributed by atoms with Crippen LogP contribution in [-0.4, -0.2) is 49.2 Å². The molecule has 0 amide bonds. The fourth-order valence-corrected chi connectivity index (χ4v) is 3.55. The van der Waals surface area contributed by atoms with E-state index in [0.717, 1.165) is 54.1 Å². The maximum atomic E-state index is 5.67. The Balaban J connectivity index is 1.62. The van der Waals surface area contributed by atoms with E-state index in [1.54, 1.807) is 11.3 Å². The van der Waals surface area contributed by atoms with Crippen molar-refractivity contribution < 1.29 is 9.47 Å². The molecular formula is C19H26N4O2S. The Morgan fingerprint density at radius 1 is 1.31 bits per heavy atom. The molecule has 1 aromatic heterocycles. The number of aromatic nitrogens is 1. The smallest absolute Gasteiger partial charge is 0.193 e. The molecule has 3 rings (SSSR count). The molecule has 0 saturated carbocycles. The number of thiazole rings is 1. The van der Waals surface area contributed by atoms with Gasteiger partial charge in [-0.15, -0.1) is 11.3 Å². The number of aliphatic imine (C=N–C) groups is 1. The van der Waals surface area contributed by atoms with Crippen molar-refractivity contribution in [1.29, 1.82) is 0 Å². The number of hydrogen-bond donors (Lipinski definition) is 1. The van der Waals surface area contributed by atoms with Crippen LogP contribution in [0.3, 0.4) is 0 Å². The Labute approximate surface area is 158 Å². The molecule has 26 heavy (non-hydrogen) atoms. The van der Waals surface area contributed by atoms with E-state index in [1.165, 1.54) is 4.88 Å². The molecule has 1 aliphatic heterocycles. The summed E-state index contributed by atoms with van der Waals surface area (Å²) in [6, 6.07) is 6.10. The molecule has 0 radical (unpaired) electrons. The van der Waals surface area contributed by atoms with Crippen LogP contribution < -0.4 is 14.8 Å². The molecule has 0 bridgehead atoms. The first-order valence-corrected chi connectivity index (χ1v) is 9.76. The van der Waals surface area contributed by atoms with Crippen molar-refractivity contribution in [2.45, 2.75) is 26.8 Å². The molecule has 6 nitrogen and oxygen atoms in total. The number of aryl methyl sites for hydroxylation is 1. The van der Waals surface area contributed by atoms with Gasteiger partial charge in [-0.1, -0.05) is 6.07 Å². The summed E-state index contributed by atoms with van der Waals surface area (Å²) in [5, 5.41) is 4.50. The Morgan fingerprint density at radius 2 is 2.12 bits per heavy atom. The molecule has 0 spiro atoms. The van der Waals surface area contributed by atoms with E-state index in [0.29, 0.717) is 13.2 Å². The lowest BCUT2D eigenvalue weighted by Gasteiger charge is -2.23. The highest BCUT2D eigenvalue weighted by Gasteiger charge is 2.13. The highest BCUT2D eigenvalue weighted by atomic mass is 32.1. The van der Waals surface area contributed by atoms with Crippen molar-refractivity contribution >= 4 is 17.3 Å². The molecule has 1 N–H and O–H groups in total. The van der Waals surface area contributed by atoms with Gasteiger partial charge in [-0.25, -0.2) is 4.98 Å². The molecule has 140 valence electrons. The van der Waals surface area contributed by atoms with Gasteiger partial charge >= 0.3 is 0 Å². The fourth-order valence-electron chi connectivity index (χ4n) is 2.78. The lowest BCUT2D eigenvalue weighted by Crippen LogP contribution is -2.38. The number of fused-ring (bicyclic) bond motifs is 1. The van der Waals surface area contributed by atoms with E-state index in [1.807, 2.05) is 25.4 Å². The lowest BCUT2D eigenvalue weighted by atomic mass is 10.2. The number of nitrogens with zero attached hydrogens (tertiary/aromatic N) is 3. The third-order valence-corrected chi connectivity index (χ3v) is 4.95. The van der Waals surface area contributed by atoms with Gasteiger partial charge in [0, 0.05) is 44.2 Å². The van der Waals surface area contributed by atoms with Crippen molar-refractivity contribution in [2.24, 2.45) is 4.99 Å². The van der Waals surface area contributed by atoms with Crippen LogP contribution in [0.25, 0.3) is 0 Å². The number of nitrogens with one attached hydrogen (secondary N) is 1. The number of rotatable bonds is 6. The van der Waals surface area contributed by atoms with Gasteiger partial charge in [0.25, 0.3) is 0 Å². The average molecular weight is 375 g/mol. The Bertz CT molecular complexity index is 760. The quantitative estimate of drug-likeness (QED) is 0.622. The van der Waals surface area contributed by atoms with E-state index in [2.05, 4.69) is 35.1 Å². The molecule has 2 heterocycles. The van der Waals surface area contributed by atoms with Crippen LogP contribution in [0.4, 0.5) is 0 Å². The zero-order chi connectivity index (χ0) is 18.4. The summed E-state index contributed by atoms with van der Waals surface area (Å²) < 4.78 is 11.3. The first-order chi connectivity index (χ1) is 12.7. The van der Waals surface area contributed by atoms with E-state index in [9.17, 15) is 0 Å². The predicted molar refractivity (Wildman–Crippen MR) is 105 cm³/mol. The van der Waals surface area contributed by atoms with Crippen LogP contribution in [0.2, 0.25) is 0 Å². The van der Waals surface area contributed by atoms with Crippen LogP contribution in [0.1, 0.15) is 22.4 Å². The van der Waals surface area contributed by atoms with Gasteiger partial charge in [0.2, 0.25) is 0 Å². The first kappa shape index (κ1) is 18.5. The van der Waals surface area contributed by atoms with E-state index >= 15 is 0 Å². The minimum Gasteiger partial charge on any atom is -0.486 e. The summed E-state index contributed by atoms with van der Waals surface area (Å²) in [6.45, 7) is 7.68. The van der Waals surface area contributed by atoms with Crippen molar-refractivity contribution in [1.82, 2.24) is 15.2 Å². The third kappa shape index (κ3) is 4.88.